The third kappa shape index (κ3) is 4.13. The van der Waals surface area contributed by atoms with Gasteiger partial charge in [0, 0.05) is 28.7 Å². The maximum atomic E-state index is 13.0. The van der Waals surface area contributed by atoms with Crippen molar-refractivity contribution in [2.24, 2.45) is 5.92 Å². The number of nitrogens with zero attached hydrogens (tertiary/aromatic N) is 2. The number of nitrogens with one attached hydrogen (secondary N) is 1. The number of hydrogen-bond acceptors (Lipinski definition) is 4. The molecule has 1 fully saturated rings. The van der Waals surface area contributed by atoms with Crippen LogP contribution in [0.2, 0.25) is 5.02 Å². The number of amides is 1. The number of hydrogen-bond donors (Lipinski definition) is 2. The third-order valence-electron chi connectivity index (χ3n) is 6.05. The van der Waals surface area contributed by atoms with Crippen LogP contribution in [0.3, 0.4) is 0 Å². The van der Waals surface area contributed by atoms with Crippen LogP contribution in [0.5, 0.6) is 0 Å². The Hall–Kier alpha value is -2.63. The van der Waals surface area contributed by atoms with Crippen molar-refractivity contribution in [1.29, 1.82) is 0 Å². The number of fused-ring (bicyclic) bond motifs is 1. The molecule has 0 bridgehead atoms. The van der Waals surface area contributed by atoms with E-state index >= 15 is 0 Å². The average Bonchev–Trinajstić information content (AvgIpc) is 2.73. The van der Waals surface area contributed by atoms with Crippen LogP contribution in [-0.2, 0) is 0 Å². The zero-order chi connectivity index (χ0) is 21.3. The summed E-state index contributed by atoms with van der Waals surface area (Å²) < 4.78 is 0. The first-order chi connectivity index (χ1) is 14.4. The summed E-state index contributed by atoms with van der Waals surface area (Å²) in [6, 6.07) is 11.8. The molecule has 4 rings (SSSR count). The van der Waals surface area contributed by atoms with E-state index in [4.69, 9.17) is 17.3 Å². The number of carbonyl (C=O) groups excluding carboxylic acids is 1. The number of nitrogens with two attached hydrogens (primary N) is 1. The van der Waals surface area contributed by atoms with E-state index in [-0.39, 0.29) is 11.7 Å². The van der Waals surface area contributed by atoms with Crippen LogP contribution in [-0.4, -0.2) is 42.5 Å². The maximum absolute atomic E-state index is 13.0. The van der Waals surface area contributed by atoms with Crippen molar-refractivity contribution >= 4 is 34.1 Å². The second kappa shape index (κ2) is 8.62. The highest BCUT2D eigenvalue weighted by molar-refractivity contribution is 6.33. The zero-order valence-corrected chi connectivity index (χ0v) is 18.2. The molecule has 1 saturated heterocycles. The molecule has 0 spiro atoms. The van der Waals surface area contributed by atoms with Gasteiger partial charge in [0.2, 0.25) is 0 Å². The summed E-state index contributed by atoms with van der Waals surface area (Å²) in [5.74, 6) is 0.598. The van der Waals surface area contributed by atoms with E-state index < -0.39 is 0 Å². The van der Waals surface area contributed by atoms with Gasteiger partial charge in [-0.25, -0.2) is 4.98 Å². The summed E-state index contributed by atoms with van der Waals surface area (Å²) in [5.41, 5.74) is 9.64. The van der Waals surface area contributed by atoms with E-state index in [2.05, 4.69) is 22.2 Å². The van der Waals surface area contributed by atoms with Gasteiger partial charge in [-0.05, 0) is 74.5 Å². The van der Waals surface area contributed by atoms with E-state index in [0.717, 1.165) is 53.4 Å². The monoisotopic (exact) mass is 422 g/mol. The lowest BCUT2D eigenvalue weighted by atomic mass is 9.96. The average molecular weight is 423 g/mol. The Morgan fingerprint density at radius 2 is 2.03 bits per heavy atom. The molecule has 0 radical (unpaired) electrons. The SMILES string of the molecule is Cc1cccc(Cl)c1-c1ccc2c(C(=O)NCC3CCN(C)CC3)c(N)ncc2c1. The normalized spacial score (nSPS) is 15.4. The Bertz CT molecular complexity index is 1070. The molecular weight excluding hydrogens is 396 g/mol. The van der Waals surface area contributed by atoms with Gasteiger partial charge >= 0.3 is 0 Å². The van der Waals surface area contributed by atoms with E-state index in [9.17, 15) is 4.79 Å². The molecule has 2 heterocycles. The summed E-state index contributed by atoms with van der Waals surface area (Å²) in [7, 11) is 2.13. The Morgan fingerprint density at radius 1 is 1.27 bits per heavy atom. The fraction of sp³-hybridized carbons (Fsp3) is 0.333. The van der Waals surface area contributed by atoms with Gasteiger partial charge in [0.1, 0.15) is 5.82 Å². The highest BCUT2D eigenvalue weighted by atomic mass is 35.5. The van der Waals surface area contributed by atoms with E-state index in [1.54, 1.807) is 6.20 Å². The van der Waals surface area contributed by atoms with Crippen LogP contribution in [0.4, 0.5) is 5.82 Å². The largest absolute Gasteiger partial charge is 0.383 e. The molecule has 3 N–H and O–H groups in total. The smallest absolute Gasteiger partial charge is 0.255 e. The number of nitrogen functional groups attached to an aromatic ring is 1. The Kier molecular flexibility index (Phi) is 5.93. The lowest BCUT2D eigenvalue weighted by Gasteiger charge is -2.29. The molecule has 0 unspecified atom stereocenters. The molecule has 0 saturated carbocycles. The van der Waals surface area contributed by atoms with E-state index in [1.807, 2.05) is 43.3 Å². The van der Waals surface area contributed by atoms with E-state index in [0.29, 0.717) is 23.0 Å². The van der Waals surface area contributed by atoms with Crippen LogP contribution in [0.25, 0.3) is 21.9 Å². The fourth-order valence-electron chi connectivity index (χ4n) is 4.22. The maximum Gasteiger partial charge on any atom is 0.255 e. The first kappa shape index (κ1) is 20.6. The van der Waals surface area contributed by atoms with Crippen molar-refractivity contribution in [1.82, 2.24) is 15.2 Å². The summed E-state index contributed by atoms with van der Waals surface area (Å²) in [4.78, 5) is 19.6. The molecule has 1 aliphatic rings. The summed E-state index contributed by atoms with van der Waals surface area (Å²) in [5, 5.41) is 5.45. The fourth-order valence-corrected chi connectivity index (χ4v) is 4.55. The Balaban J connectivity index is 1.62. The van der Waals surface area contributed by atoms with Crippen molar-refractivity contribution in [3.8, 4) is 11.1 Å². The van der Waals surface area contributed by atoms with Gasteiger partial charge in [0.15, 0.2) is 0 Å². The van der Waals surface area contributed by atoms with Crippen LogP contribution in [0.1, 0.15) is 28.8 Å². The number of rotatable bonds is 4. The molecule has 0 aliphatic carbocycles. The van der Waals surface area contributed by atoms with Gasteiger partial charge in [0.25, 0.3) is 5.91 Å². The lowest BCUT2D eigenvalue weighted by Crippen LogP contribution is -2.37. The molecule has 1 aromatic heterocycles. The summed E-state index contributed by atoms with van der Waals surface area (Å²) >= 11 is 6.44. The molecule has 5 nitrogen and oxygen atoms in total. The van der Waals surface area contributed by atoms with Gasteiger partial charge in [-0.1, -0.05) is 35.9 Å². The third-order valence-corrected chi connectivity index (χ3v) is 6.36. The second-order valence-corrected chi connectivity index (χ2v) is 8.62. The predicted molar refractivity (Wildman–Crippen MR) is 124 cm³/mol. The van der Waals surface area contributed by atoms with Gasteiger partial charge < -0.3 is 16.0 Å². The van der Waals surface area contributed by atoms with Gasteiger partial charge in [-0.3, -0.25) is 4.79 Å². The standard InChI is InChI=1S/C24H27ClN4O/c1-15-4-3-5-20(25)21(15)17-6-7-19-18(12-17)14-27-23(26)22(19)24(30)28-13-16-8-10-29(2)11-9-16/h3-7,12,14,16H,8-11,13H2,1-2H3,(H2,26,27)(H,28,30). The van der Waals surface area contributed by atoms with Crippen molar-refractivity contribution in [2.75, 3.05) is 32.4 Å². The highest BCUT2D eigenvalue weighted by Crippen LogP contribution is 2.34. The number of piperidine rings is 1. The van der Waals surface area contributed by atoms with Gasteiger partial charge in [-0.2, -0.15) is 0 Å². The minimum Gasteiger partial charge on any atom is -0.383 e. The topological polar surface area (TPSA) is 71.2 Å². The number of aryl methyl sites for hydroxylation is 1. The Labute approximate surface area is 182 Å². The molecule has 2 aromatic carbocycles. The van der Waals surface area contributed by atoms with Crippen molar-refractivity contribution < 1.29 is 4.79 Å². The van der Waals surface area contributed by atoms with Crippen molar-refractivity contribution in [3.05, 3.63) is 58.7 Å². The predicted octanol–water partition coefficient (Wildman–Crippen LogP) is 4.52. The molecule has 1 aliphatic heterocycles. The van der Waals surface area contributed by atoms with Gasteiger partial charge in [0.05, 0.1) is 5.56 Å². The van der Waals surface area contributed by atoms with Crippen LogP contribution in [0.15, 0.2) is 42.6 Å². The van der Waals surface area contributed by atoms with E-state index in [1.165, 1.54) is 0 Å². The minimum atomic E-state index is -0.161. The molecule has 3 aromatic rings. The number of carbonyl (C=O) groups is 1. The molecule has 30 heavy (non-hydrogen) atoms. The molecule has 6 heteroatoms. The van der Waals surface area contributed by atoms with Gasteiger partial charge in [-0.15, -0.1) is 0 Å². The van der Waals surface area contributed by atoms with Crippen molar-refractivity contribution in [2.45, 2.75) is 19.8 Å². The number of benzene rings is 2. The highest BCUT2D eigenvalue weighted by Gasteiger charge is 2.20. The molecule has 156 valence electrons. The number of likely N-dealkylation sites (tertiary alicyclic amines) is 1. The zero-order valence-electron chi connectivity index (χ0n) is 17.4. The minimum absolute atomic E-state index is 0.161. The molecule has 1 amide bonds. The summed E-state index contributed by atoms with van der Waals surface area (Å²) in [6.45, 7) is 4.85. The first-order valence-corrected chi connectivity index (χ1v) is 10.7. The quantitative estimate of drug-likeness (QED) is 0.648. The summed E-state index contributed by atoms with van der Waals surface area (Å²) in [6.07, 6.45) is 3.91. The van der Waals surface area contributed by atoms with Crippen molar-refractivity contribution in [3.63, 3.8) is 0 Å². The first-order valence-electron chi connectivity index (χ1n) is 10.3. The van der Waals surface area contributed by atoms with Crippen LogP contribution >= 0.6 is 11.6 Å². The molecule has 0 atom stereocenters. The Morgan fingerprint density at radius 3 is 2.77 bits per heavy atom. The second-order valence-electron chi connectivity index (χ2n) is 8.21. The molecular formula is C24H27ClN4O. The number of aromatic nitrogens is 1. The number of anilines is 1. The van der Waals surface area contributed by atoms with Crippen LogP contribution < -0.4 is 11.1 Å². The number of pyridine rings is 1. The van der Waals surface area contributed by atoms with Crippen LogP contribution in [0, 0.1) is 12.8 Å². The number of halogens is 1. The lowest BCUT2D eigenvalue weighted by molar-refractivity contribution is 0.0941.